The van der Waals surface area contributed by atoms with E-state index in [2.05, 4.69) is 38.3 Å². The molecule has 0 saturated heterocycles. The van der Waals surface area contributed by atoms with Crippen LogP contribution in [0.2, 0.25) is 0 Å². The van der Waals surface area contributed by atoms with Gasteiger partial charge < -0.3 is 15.2 Å². The smallest absolute Gasteiger partial charge is 0.141 e. The molecule has 5 nitrogen and oxygen atoms in total. The van der Waals surface area contributed by atoms with Crippen molar-refractivity contribution in [2.75, 3.05) is 26.7 Å². The highest BCUT2D eigenvalue weighted by Crippen LogP contribution is 2.32. The fourth-order valence-corrected chi connectivity index (χ4v) is 3.26. The number of hydrogen-bond acceptors (Lipinski definition) is 4. The predicted octanol–water partition coefficient (Wildman–Crippen LogP) is 1.32. The SMILES string of the molecule is CN1CCc2[nH]c3ncnc(C4=CCNCC4)c3c2C1. The lowest BCUT2D eigenvalue weighted by molar-refractivity contribution is 0.313. The van der Waals surface area contributed by atoms with Crippen molar-refractivity contribution >= 4 is 16.6 Å². The molecule has 0 radical (unpaired) electrons. The highest BCUT2D eigenvalue weighted by molar-refractivity contribution is 5.92. The van der Waals surface area contributed by atoms with E-state index in [1.54, 1.807) is 6.33 Å². The minimum absolute atomic E-state index is 0.938. The molecule has 2 aromatic heterocycles. The molecule has 0 unspecified atom stereocenters. The number of fused-ring (bicyclic) bond motifs is 3. The normalized spacial score (nSPS) is 19.9. The third-order valence-corrected chi connectivity index (χ3v) is 4.32. The van der Waals surface area contributed by atoms with E-state index in [9.17, 15) is 0 Å². The molecule has 2 N–H and O–H groups in total. The van der Waals surface area contributed by atoms with Gasteiger partial charge in [-0.25, -0.2) is 9.97 Å². The summed E-state index contributed by atoms with van der Waals surface area (Å²) in [5, 5.41) is 4.60. The van der Waals surface area contributed by atoms with E-state index in [4.69, 9.17) is 0 Å². The maximum absolute atomic E-state index is 4.59. The lowest BCUT2D eigenvalue weighted by Gasteiger charge is -2.23. The molecule has 0 saturated carbocycles. The van der Waals surface area contributed by atoms with Gasteiger partial charge in [0.1, 0.15) is 12.0 Å². The lowest BCUT2D eigenvalue weighted by Crippen LogP contribution is -2.26. The largest absolute Gasteiger partial charge is 0.343 e. The molecule has 0 atom stereocenters. The molecule has 5 heteroatoms. The van der Waals surface area contributed by atoms with Crippen molar-refractivity contribution in [1.29, 1.82) is 0 Å². The van der Waals surface area contributed by atoms with Gasteiger partial charge in [0.25, 0.3) is 0 Å². The molecule has 2 aliphatic heterocycles. The highest BCUT2D eigenvalue weighted by Gasteiger charge is 2.23. The Labute approximate surface area is 118 Å². The molecule has 0 amide bonds. The maximum Gasteiger partial charge on any atom is 0.141 e. The fraction of sp³-hybridized carbons (Fsp3) is 0.467. The van der Waals surface area contributed by atoms with Crippen molar-refractivity contribution in [3.05, 3.63) is 29.4 Å². The Balaban J connectivity index is 1.93. The van der Waals surface area contributed by atoms with Gasteiger partial charge >= 0.3 is 0 Å². The monoisotopic (exact) mass is 269 g/mol. The Bertz CT molecular complexity index is 685. The third-order valence-electron chi connectivity index (χ3n) is 4.32. The van der Waals surface area contributed by atoms with Crippen LogP contribution in [0.15, 0.2) is 12.4 Å². The molecule has 4 heterocycles. The van der Waals surface area contributed by atoms with E-state index in [1.807, 2.05) is 0 Å². The summed E-state index contributed by atoms with van der Waals surface area (Å²) in [5.41, 5.74) is 6.21. The molecule has 0 fully saturated rings. The summed E-state index contributed by atoms with van der Waals surface area (Å²) in [6.45, 7) is 4.06. The molecule has 2 aromatic rings. The highest BCUT2D eigenvalue weighted by atomic mass is 15.1. The third kappa shape index (κ3) is 1.85. The minimum atomic E-state index is 0.938. The molecule has 0 spiro atoms. The topological polar surface area (TPSA) is 56.8 Å². The summed E-state index contributed by atoms with van der Waals surface area (Å²) in [4.78, 5) is 14.9. The fourth-order valence-electron chi connectivity index (χ4n) is 3.26. The molecule has 0 aliphatic carbocycles. The molecule has 104 valence electrons. The van der Waals surface area contributed by atoms with E-state index in [1.165, 1.54) is 22.2 Å². The summed E-state index contributed by atoms with van der Waals surface area (Å²) in [7, 11) is 2.18. The first kappa shape index (κ1) is 12.1. The average Bonchev–Trinajstić information content (AvgIpc) is 2.86. The van der Waals surface area contributed by atoms with Crippen molar-refractivity contribution in [2.24, 2.45) is 0 Å². The predicted molar refractivity (Wildman–Crippen MR) is 79.4 cm³/mol. The molecule has 0 bridgehead atoms. The number of rotatable bonds is 1. The van der Waals surface area contributed by atoms with E-state index >= 15 is 0 Å². The summed E-state index contributed by atoms with van der Waals surface area (Å²) in [5.74, 6) is 0. The first-order chi connectivity index (χ1) is 9.83. The minimum Gasteiger partial charge on any atom is -0.343 e. The van der Waals surface area contributed by atoms with Crippen LogP contribution in [0.3, 0.4) is 0 Å². The molecule has 4 rings (SSSR count). The van der Waals surface area contributed by atoms with Crippen LogP contribution in [0.5, 0.6) is 0 Å². The number of nitrogens with one attached hydrogen (secondary N) is 2. The zero-order chi connectivity index (χ0) is 13.5. The van der Waals surface area contributed by atoms with Crippen LogP contribution in [0.25, 0.3) is 16.6 Å². The Kier molecular flexibility index (Phi) is 2.82. The van der Waals surface area contributed by atoms with Crippen molar-refractivity contribution < 1.29 is 0 Å². The standard InChI is InChI=1S/C15H19N5/c1-20-7-4-12-11(8-20)13-14(10-2-5-16-6-3-10)17-9-18-15(13)19-12/h2,9,16H,3-8H2,1H3,(H,17,18,19). The van der Waals surface area contributed by atoms with Crippen molar-refractivity contribution in [1.82, 2.24) is 25.2 Å². The summed E-state index contributed by atoms with van der Waals surface area (Å²) in [6, 6.07) is 0. The molecular formula is C15H19N5. The quantitative estimate of drug-likeness (QED) is 0.820. The van der Waals surface area contributed by atoms with Gasteiger partial charge in [0.2, 0.25) is 0 Å². The number of aromatic nitrogens is 3. The van der Waals surface area contributed by atoms with Gasteiger partial charge in [-0.05, 0) is 31.1 Å². The second-order valence-electron chi connectivity index (χ2n) is 5.70. The van der Waals surface area contributed by atoms with Crippen molar-refractivity contribution in [3.8, 4) is 0 Å². The average molecular weight is 269 g/mol. The summed E-state index contributed by atoms with van der Waals surface area (Å²) in [6.07, 6.45) is 6.06. The van der Waals surface area contributed by atoms with Gasteiger partial charge in [0.15, 0.2) is 0 Å². The maximum atomic E-state index is 4.59. The van der Waals surface area contributed by atoms with Crippen LogP contribution in [0, 0.1) is 0 Å². The molecular weight excluding hydrogens is 250 g/mol. The van der Waals surface area contributed by atoms with Gasteiger partial charge in [0, 0.05) is 37.1 Å². The van der Waals surface area contributed by atoms with Gasteiger partial charge in [0.05, 0.1) is 5.69 Å². The Hall–Kier alpha value is -1.72. The first-order valence-corrected chi connectivity index (χ1v) is 7.26. The van der Waals surface area contributed by atoms with Crippen LogP contribution in [0.4, 0.5) is 0 Å². The van der Waals surface area contributed by atoms with Crippen LogP contribution < -0.4 is 5.32 Å². The second kappa shape index (κ2) is 4.68. The number of likely N-dealkylation sites (N-methyl/N-ethyl adjacent to an activating group) is 1. The summed E-state index contributed by atoms with van der Waals surface area (Å²) < 4.78 is 0. The zero-order valence-electron chi connectivity index (χ0n) is 11.7. The van der Waals surface area contributed by atoms with E-state index in [0.717, 1.165) is 50.4 Å². The van der Waals surface area contributed by atoms with Gasteiger partial charge in [-0.15, -0.1) is 0 Å². The van der Waals surface area contributed by atoms with E-state index in [-0.39, 0.29) is 0 Å². The Morgan fingerprint density at radius 2 is 2.20 bits per heavy atom. The van der Waals surface area contributed by atoms with Crippen molar-refractivity contribution in [3.63, 3.8) is 0 Å². The first-order valence-electron chi connectivity index (χ1n) is 7.26. The number of nitrogens with zero attached hydrogens (tertiary/aromatic N) is 3. The van der Waals surface area contributed by atoms with Crippen LogP contribution in [-0.2, 0) is 13.0 Å². The number of H-pyrrole nitrogens is 1. The second-order valence-corrected chi connectivity index (χ2v) is 5.70. The Morgan fingerprint density at radius 3 is 3.05 bits per heavy atom. The van der Waals surface area contributed by atoms with E-state index in [0.29, 0.717) is 0 Å². The van der Waals surface area contributed by atoms with Gasteiger partial charge in [-0.3, -0.25) is 0 Å². The zero-order valence-corrected chi connectivity index (χ0v) is 11.7. The van der Waals surface area contributed by atoms with Crippen LogP contribution >= 0.6 is 0 Å². The Morgan fingerprint density at radius 1 is 1.25 bits per heavy atom. The molecule has 2 aliphatic rings. The number of aromatic amines is 1. The van der Waals surface area contributed by atoms with Crippen molar-refractivity contribution in [2.45, 2.75) is 19.4 Å². The lowest BCUT2D eigenvalue weighted by atomic mass is 9.99. The number of hydrogen-bond donors (Lipinski definition) is 2. The van der Waals surface area contributed by atoms with Gasteiger partial charge in [-0.2, -0.15) is 0 Å². The van der Waals surface area contributed by atoms with Crippen LogP contribution in [-0.4, -0.2) is 46.5 Å². The van der Waals surface area contributed by atoms with Gasteiger partial charge in [-0.1, -0.05) is 6.08 Å². The summed E-state index contributed by atoms with van der Waals surface area (Å²) >= 11 is 0. The van der Waals surface area contributed by atoms with E-state index < -0.39 is 0 Å². The molecule has 20 heavy (non-hydrogen) atoms. The van der Waals surface area contributed by atoms with Crippen LogP contribution in [0.1, 0.15) is 23.4 Å². The molecule has 0 aromatic carbocycles.